The van der Waals surface area contributed by atoms with Gasteiger partial charge in [0.1, 0.15) is 6.23 Å². The van der Waals surface area contributed by atoms with Gasteiger partial charge in [-0.05, 0) is 31.0 Å². The third-order valence-corrected chi connectivity index (χ3v) is 8.88. The van der Waals surface area contributed by atoms with Crippen molar-refractivity contribution in [3.63, 3.8) is 0 Å². The molecular weight excluding hydrogens is 547 g/mol. The van der Waals surface area contributed by atoms with Gasteiger partial charge in [0.05, 0.1) is 18.8 Å². The van der Waals surface area contributed by atoms with E-state index in [4.69, 9.17) is 14.8 Å². The summed E-state index contributed by atoms with van der Waals surface area (Å²) in [6.07, 6.45) is 11.3. The Hall–Kier alpha value is -2.88. The number of anilines is 1. The number of benzene rings is 1. The van der Waals surface area contributed by atoms with Gasteiger partial charge in [-0.1, -0.05) is 88.0 Å². The Labute approximate surface area is 240 Å². The molecule has 1 fully saturated rings. The van der Waals surface area contributed by atoms with Crippen LogP contribution >= 0.6 is 7.75 Å². The Bertz CT molecular complexity index is 1290. The molecule has 1 unspecified atom stereocenters. The van der Waals surface area contributed by atoms with Crippen LogP contribution in [0, 0.1) is 6.92 Å². The van der Waals surface area contributed by atoms with Crippen molar-refractivity contribution >= 4 is 13.4 Å². The standard InChI is InChI=1S/C28H43N6O6P/c1-3-4-5-6-7-8-9-10-11-15-18-34(23-16-13-12-14-17-23)41(37,38)39-21-25-24(31-32-29)19-26(40-25)33-20-22(2)27(35)30-28(33)36/h12-14,16-17,20,24-26H,3-11,15,18-19,21H2,1-2H3,(H,37,38)(H,30,35,36)/t24-,25+,26+/m0/s1. The number of nitrogens with one attached hydrogen (secondary N) is 1. The molecule has 12 nitrogen and oxygen atoms in total. The number of hydrogen-bond donors (Lipinski definition) is 2. The van der Waals surface area contributed by atoms with Crippen LogP contribution in [0.25, 0.3) is 10.4 Å². The van der Waals surface area contributed by atoms with E-state index in [0.29, 0.717) is 17.8 Å². The maximum Gasteiger partial charge on any atom is 0.432 e. The third kappa shape index (κ3) is 9.87. The zero-order valence-electron chi connectivity index (χ0n) is 24.1. The molecule has 0 amide bonds. The van der Waals surface area contributed by atoms with Gasteiger partial charge in [0.15, 0.2) is 0 Å². The number of H-pyrrole nitrogens is 1. The second-order valence-electron chi connectivity index (χ2n) is 10.5. The summed E-state index contributed by atoms with van der Waals surface area (Å²) in [4.78, 5) is 40.3. The Balaban J connectivity index is 1.60. The molecule has 13 heteroatoms. The summed E-state index contributed by atoms with van der Waals surface area (Å²) >= 11 is 0. The summed E-state index contributed by atoms with van der Waals surface area (Å²) in [7, 11) is -4.31. The molecule has 3 rings (SSSR count). The van der Waals surface area contributed by atoms with E-state index in [2.05, 4.69) is 21.9 Å². The Morgan fingerprint density at radius 2 is 1.76 bits per heavy atom. The van der Waals surface area contributed by atoms with E-state index in [0.717, 1.165) is 25.7 Å². The largest absolute Gasteiger partial charge is 0.432 e. The summed E-state index contributed by atoms with van der Waals surface area (Å²) in [6.45, 7) is 3.79. The fourth-order valence-electron chi connectivity index (χ4n) is 5.01. The third-order valence-electron chi connectivity index (χ3n) is 7.35. The molecule has 2 N–H and O–H groups in total. The first-order valence-electron chi connectivity index (χ1n) is 14.6. The molecule has 1 aromatic carbocycles. The molecule has 2 aromatic rings. The molecule has 226 valence electrons. The zero-order valence-corrected chi connectivity index (χ0v) is 25.0. The van der Waals surface area contributed by atoms with Crippen molar-refractivity contribution in [2.45, 2.75) is 103 Å². The highest BCUT2D eigenvalue weighted by molar-refractivity contribution is 7.54. The van der Waals surface area contributed by atoms with Crippen molar-refractivity contribution < 1.29 is 18.7 Å². The van der Waals surface area contributed by atoms with Crippen LogP contribution in [0.4, 0.5) is 5.69 Å². The number of para-hydroxylation sites is 1. The second-order valence-corrected chi connectivity index (χ2v) is 12.3. The molecule has 1 aliphatic heterocycles. The van der Waals surface area contributed by atoms with Gasteiger partial charge in [0.2, 0.25) is 0 Å². The van der Waals surface area contributed by atoms with Crippen molar-refractivity contribution in [2.24, 2.45) is 5.11 Å². The summed E-state index contributed by atoms with van der Waals surface area (Å²) < 4.78 is 27.7. The minimum Gasteiger partial charge on any atom is -0.352 e. The number of rotatable bonds is 18. The summed E-state index contributed by atoms with van der Waals surface area (Å²) in [6, 6.07) is 8.22. The molecular formula is C28H43N6O6P. The van der Waals surface area contributed by atoms with Crippen LogP contribution in [0.15, 0.2) is 51.2 Å². The number of hydrogen-bond acceptors (Lipinski definition) is 6. The smallest absolute Gasteiger partial charge is 0.352 e. The SMILES string of the molecule is CCCCCCCCCCCCN(c1ccccc1)P(=O)(O)OC[C@H]1O[C@@H](n2cc(C)c(=O)[nH]c2=O)C[C@@H]1N=[N+]=[N-]. The van der Waals surface area contributed by atoms with E-state index in [-0.39, 0.29) is 13.0 Å². The highest BCUT2D eigenvalue weighted by Gasteiger charge is 2.39. The first-order chi connectivity index (χ1) is 19.8. The van der Waals surface area contributed by atoms with Crippen molar-refractivity contribution in [3.8, 4) is 0 Å². The Kier molecular flexibility index (Phi) is 13.2. The minimum absolute atomic E-state index is 0.139. The summed E-state index contributed by atoms with van der Waals surface area (Å²) in [5.41, 5.74) is 8.79. The molecule has 2 heterocycles. The van der Waals surface area contributed by atoms with Crippen molar-refractivity contribution in [1.29, 1.82) is 0 Å². The first-order valence-corrected chi connectivity index (χ1v) is 16.1. The first kappa shape index (κ1) is 32.6. The number of aryl methyl sites for hydroxylation is 1. The minimum atomic E-state index is -4.31. The molecule has 1 aliphatic rings. The lowest BCUT2D eigenvalue weighted by Gasteiger charge is -2.29. The molecule has 0 spiro atoms. The number of nitrogens with zero attached hydrogens (tertiary/aromatic N) is 5. The van der Waals surface area contributed by atoms with E-state index in [1.807, 2.05) is 6.07 Å². The van der Waals surface area contributed by atoms with E-state index >= 15 is 0 Å². The topological polar surface area (TPSA) is 163 Å². The van der Waals surface area contributed by atoms with Gasteiger partial charge in [0.25, 0.3) is 5.56 Å². The zero-order chi connectivity index (χ0) is 29.7. The predicted octanol–water partition coefficient (Wildman–Crippen LogP) is 6.36. The normalized spacial score (nSPS) is 19.9. The molecule has 0 radical (unpaired) electrons. The molecule has 0 saturated carbocycles. The molecule has 1 aromatic heterocycles. The van der Waals surface area contributed by atoms with E-state index in [1.165, 1.54) is 54.0 Å². The lowest BCUT2D eigenvalue weighted by atomic mass is 10.1. The van der Waals surface area contributed by atoms with Crippen molar-refractivity contribution in [3.05, 3.63) is 73.4 Å². The molecule has 1 saturated heterocycles. The monoisotopic (exact) mass is 590 g/mol. The van der Waals surface area contributed by atoms with Crippen LogP contribution in [-0.2, 0) is 13.8 Å². The van der Waals surface area contributed by atoms with Gasteiger partial charge < -0.3 is 9.63 Å². The van der Waals surface area contributed by atoms with Gasteiger partial charge in [0, 0.05) is 35.3 Å². The van der Waals surface area contributed by atoms with Crippen LogP contribution in [0.3, 0.4) is 0 Å². The fourth-order valence-corrected chi connectivity index (χ4v) is 6.31. The van der Waals surface area contributed by atoms with E-state index in [9.17, 15) is 19.0 Å². The predicted molar refractivity (Wildman–Crippen MR) is 159 cm³/mol. The summed E-state index contributed by atoms with van der Waals surface area (Å²) in [5, 5.41) is 3.76. The van der Waals surface area contributed by atoms with Crippen molar-refractivity contribution in [2.75, 3.05) is 17.8 Å². The lowest BCUT2D eigenvalue weighted by Crippen LogP contribution is -2.33. The fraction of sp³-hybridized carbons (Fsp3) is 0.643. The highest BCUT2D eigenvalue weighted by atomic mass is 31.2. The van der Waals surface area contributed by atoms with Gasteiger partial charge >= 0.3 is 13.4 Å². The van der Waals surface area contributed by atoms with Gasteiger partial charge in [-0.15, -0.1) is 0 Å². The van der Waals surface area contributed by atoms with Crippen LogP contribution in [-0.4, -0.2) is 39.7 Å². The van der Waals surface area contributed by atoms with Gasteiger partial charge in [-0.3, -0.25) is 23.5 Å². The molecule has 0 bridgehead atoms. The number of ether oxygens (including phenoxy) is 1. The maximum atomic E-state index is 13.5. The average Bonchev–Trinajstić information content (AvgIpc) is 3.35. The van der Waals surface area contributed by atoms with Crippen molar-refractivity contribution in [1.82, 2.24) is 9.55 Å². The van der Waals surface area contributed by atoms with Gasteiger partial charge in [-0.25, -0.2) is 9.36 Å². The average molecular weight is 591 g/mol. The molecule has 41 heavy (non-hydrogen) atoms. The highest BCUT2D eigenvalue weighted by Crippen LogP contribution is 2.50. The second kappa shape index (κ2) is 16.5. The number of aromatic nitrogens is 2. The van der Waals surface area contributed by atoms with Gasteiger partial charge in [-0.2, -0.15) is 0 Å². The number of azide groups is 1. The number of unbranched alkanes of at least 4 members (excludes halogenated alkanes) is 9. The van der Waals surface area contributed by atoms with Crippen LogP contribution in [0.5, 0.6) is 0 Å². The maximum absolute atomic E-state index is 13.5. The van der Waals surface area contributed by atoms with Crippen LogP contribution in [0.1, 0.15) is 89.3 Å². The Morgan fingerprint density at radius 3 is 2.39 bits per heavy atom. The number of aromatic amines is 1. The van der Waals surface area contributed by atoms with Crippen LogP contribution < -0.4 is 15.9 Å². The molecule has 0 aliphatic carbocycles. The quantitative estimate of drug-likeness (QED) is 0.0671. The Morgan fingerprint density at radius 1 is 1.12 bits per heavy atom. The van der Waals surface area contributed by atoms with E-state index in [1.54, 1.807) is 31.2 Å². The summed E-state index contributed by atoms with van der Waals surface area (Å²) in [5.74, 6) is 0. The van der Waals surface area contributed by atoms with Crippen LogP contribution in [0.2, 0.25) is 0 Å². The lowest BCUT2D eigenvalue weighted by molar-refractivity contribution is -0.0240. The molecule has 4 atom stereocenters. The van der Waals surface area contributed by atoms with E-state index < -0.39 is 37.4 Å².